The van der Waals surface area contributed by atoms with Crippen molar-refractivity contribution >= 4 is 0 Å². The fourth-order valence-corrected chi connectivity index (χ4v) is 1.90. The fraction of sp³-hybridized carbons (Fsp3) is 0.692. The molecule has 0 aromatic heterocycles. The average Bonchev–Trinajstić information content (AvgIpc) is 2.14. The van der Waals surface area contributed by atoms with Gasteiger partial charge in [0.2, 0.25) is 0 Å². The van der Waals surface area contributed by atoms with Crippen LogP contribution in [0.1, 0.15) is 46.0 Å². The molecule has 1 fully saturated rings. The molecule has 0 bridgehead atoms. The van der Waals surface area contributed by atoms with E-state index in [4.69, 9.17) is 5.73 Å². The minimum atomic E-state index is 0.796. The minimum Gasteiger partial charge on any atom is -0.330 e. The van der Waals surface area contributed by atoms with E-state index in [9.17, 15) is 0 Å². The van der Waals surface area contributed by atoms with Gasteiger partial charge in [0.15, 0.2) is 0 Å². The van der Waals surface area contributed by atoms with Gasteiger partial charge in [-0.2, -0.15) is 0 Å². The Hall–Kier alpha value is -0.560. The van der Waals surface area contributed by atoms with Gasteiger partial charge in [0.05, 0.1) is 0 Å². The van der Waals surface area contributed by atoms with Crippen molar-refractivity contribution in [2.24, 2.45) is 11.7 Å². The largest absolute Gasteiger partial charge is 0.330 e. The molecule has 80 valence electrons. The van der Waals surface area contributed by atoms with Gasteiger partial charge in [-0.1, -0.05) is 19.1 Å². The Morgan fingerprint density at radius 2 is 2.07 bits per heavy atom. The lowest BCUT2D eigenvalue weighted by atomic mass is 9.84. The van der Waals surface area contributed by atoms with Crippen molar-refractivity contribution in [3.63, 3.8) is 0 Å². The van der Waals surface area contributed by atoms with Crippen molar-refractivity contribution in [2.45, 2.75) is 46.0 Å². The molecule has 0 spiro atoms. The van der Waals surface area contributed by atoms with Crippen LogP contribution < -0.4 is 5.73 Å². The van der Waals surface area contributed by atoms with Crippen molar-refractivity contribution in [2.75, 3.05) is 6.54 Å². The van der Waals surface area contributed by atoms with Crippen molar-refractivity contribution in [1.29, 1.82) is 0 Å². The van der Waals surface area contributed by atoms with Crippen LogP contribution in [-0.2, 0) is 0 Å². The van der Waals surface area contributed by atoms with Crippen molar-refractivity contribution in [1.82, 2.24) is 0 Å². The summed E-state index contributed by atoms with van der Waals surface area (Å²) in [5.74, 6) is 0.796. The first-order chi connectivity index (χ1) is 6.77. The summed E-state index contributed by atoms with van der Waals surface area (Å²) < 4.78 is 0. The summed E-state index contributed by atoms with van der Waals surface area (Å²) >= 11 is 0. The highest BCUT2D eigenvalue weighted by molar-refractivity contribution is 5.38. The third-order valence-corrected chi connectivity index (χ3v) is 3.09. The standard InChI is InChI=1S/C13H23N/c1-3-12-8-9-13(12)7-6-11(2)5-4-10-14/h3,7,11H,4-6,8-10,14H2,1-2H3/b12-3-,13-7-. The third kappa shape index (κ3) is 3.30. The van der Waals surface area contributed by atoms with Gasteiger partial charge in [-0.05, 0) is 62.6 Å². The van der Waals surface area contributed by atoms with Gasteiger partial charge in [0, 0.05) is 0 Å². The summed E-state index contributed by atoms with van der Waals surface area (Å²) in [5, 5.41) is 0. The predicted molar refractivity (Wildman–Crippen MR) is 63.1 cm³/mol. The zero-order valence-corrected chi connectivity index (χ0v) is 9.55. The Labute approximate surface area is 88.1 Å². The van der Waals surface area contributed by atoms with Crippen molar-refractivity contribution < 1.29 is 0 Å². The van der Waals surface area contributed by atoms with Crippen LogP contribution in [0.3, 0.4) is 0 Å². The summed E-state index contributed by atoms with van der Waals surface area (Å²) in [5.41, 5.74) is 8.64. The van der Waals surface area contributed by atoms with E-state index in [0.29, 0.717) is 0 Å². The van der Waals surface area contributed by atoms with Crippen molar-refractivity contribution in [3.8, 4) is 0 Å². The molecule has 2 N–H and O–H groups in total. The van der Waals surface area contributed by atoms with E-state index in [-0.39, 0.29) is 0 Å². The topological polar surface area (TPSA) is 26.0 Å². The number of rotatable bonds is 5. The van der Waals surface area contributed by atoms with E-state index in [1.165, 1.54) is 32.1 Å². The van der Waals surface area contributed by atoms with Crippen LogP contribution in [0.4, 0.5) is 0 Å². The van der Waals surface area contributed by atoms with E-state index < -0.39 is 0 Å². The Bertz CT molecular complexity index is 225. The third-order valence-electron chi connectivity index (χ3n) is 3.09. The number of allylic oxidation sites excluding steroid dienone is 4. The Balaban J connectivity index is 2.25. The second kappa shape index (κ2) is 6.02. The molecule has 1 aliphatic rings. The van der Waals surface area contributed by atoms with E-state index in [1.54, 1.807) is 11.1 Å². The first-order valence-corrected chi connectivity index (χ1v) is 5.82. The molecule has 1 nitrogen and oxygen atoms in total. The number of hydrogen-bond donors (Lipinski definition) is 1. The summed E-state index contributed by atoms with van der Waals surface area (Å²) in [6.07, 6.45) is 10.9. The summed E-state index contributed by atoms with van der Waals surface area (Å²) in [7, 11) is 0. The lowest BCUT2D eigenvalue weighted by Gasteiger charge is -2.22. The van der Waals surface area contributed by atoms with Gasteiger partial charge >= 0.3 is 0 Å². The van der Waals surface area contributed by atoms with Gasteiger partial charge in [-0.3, -0.25) is 0 Å². The molecule has 14 heavy (non-hydrogen) atoms. The molecule has 1 unspecified atom stereocenters. The van der Waals surface area contributed by atoms with Crippen LogP contribution >= 0.6 is 0 Å². The maximum Gasteiger partial charge on any atom is -0.00772 e. The first kappa shape index (κ1) is 11.5. The van der Waals surface area contributed by atoms with E-state index in [1.807, 2.05) is 0 Å². The first-order valence-electron chi connectivity index (χ1n) is 5.82. The van der Waals surface area contributed by atoms with Crippen molar-refractivity contribution in [3.05, 3.63) is 23.3 Å². The van der Waals surface area contributed by atoms with E-state index in [2.05, 4.69) is 26.0 Å². The van der Waals surface area contributed by atoms with Gasteiger partial charge in [-0.25, -0.2) is 0 Å². The molecule has 1 saturated carbocycles. The second-order valence-corrected chi connectivity index (χ2v) is 4.32. The van der Waals surface area contributed by atoms with Gasteiger partial charge in [0.1, 0.15) is 0 Å². The zero-order chi connectivity index (χ0) is 10.4. The number of nitrogens with two attached hydrogens (primary N) is 1. The molecule has 0 heterocycles. The van der Waals surface area contributed by atoms with Crippen LogP contribution in [0, 0.1) is 5.92 Å². The molecule has 0 amide bonds. The van der Waals surface area contributed by atoms with Gasteiger partial charge in [-0.15, -0.1) is 0 Å². The lowest BCUT2D eigenvalue weighted by Crippen LogP contribution is -2.05. The Morgan fingerprint density at radius 3 is 2.57 bits per heavy atom. The maximum atomic E-state index is 5.49. The Morgan fingerprint density at radius 1 is 1.36 bits per heavy atom. The summed E-state index contributed by atoms with van der Waals surface area (Å²) in [6, 6.07) is 0. The summed E-state index contributed by atoms with van der Waals surface area (Å²) in [4.78, 5) is 0. The molecule has 0 aliphatic heterocycles. The van der Waals surface area contributed by atoms with Crippen LogP contribution in [0.5, 0.6) is 0 Å². The monoisotopic (exact) mass is 193 g/mol. The molecule has 0 saturated heterocycles. The van der Waals surface area contributed by atoms with E-state index in [0.717, 1.165) is 12.5 Å². The molecule has 0 aromatic rings. The minimum absolute atomic E-state index is 0.796. The molecule has 1 aliphatic carbocycles. The number of hydrogen-bond acceptors (Lipinski definition) is 1. The van der Waals surface area contributed by atoms with Crippen LogP contribution in [-0.4, -0.2) is 6.54 Å². The highest BCUT2D eigenvalue weighted by Crippen LogP contribution is 2.33. The van der Waals surface area contributed by atoms with E-state index >= 15 is 0 Å². The van der Waals surface area contributed by atoms with Crippen LogP contribution in [0.15, 0.2) is 23.3 Å². The molecule has 1 rings (SSSR count). The maximum absolute atomic E-state index is 5.49. The quantitative estimate of drug-likeness (QED) is 0.711. The average molecular weight is 193 g/mol. The SMILES string of the molecule is C/C=C1/CC/C1=C/CC(C)CCCN. The molecular formula is C13H23N. The zero-order valence-electron chi connectivity index (χ0n) is 9.55. The predicted octanol–water partition coefficient (Wildman–Crippen LogP) is 3.42. The second-order valence-electron chi connectivity index (χ2n) is 4.32. The van der Waals surface area contributed by atoms with Crippen LogP contribution in [0.25, 0.3) is 0 Å². The fourth-order valence-electron chi connectivity index (χ4n) is 1.90. The highest BCUT2D eigenvalue weighted by Gasteiger charge is 2.14. The molecular weight excluding hydrogens is 170 g/mol. The smallest absolute Gasteiger partial charge is 0.00772 e. The summed E-state index contributed by atoms with van der Waals surface area (Å²) in [6.45, 7) is 5.29. The highest BCUT2D eigenvalue weighted by atomic mass is 14.5. The lowest BCUT2D eigenvalue weighted by molar-refractivity contribution is 0.518. The molecule has 1 atom stereocenters. The Kier molecular flexibility index (Phi) is 4.95. The van der Waals surface area contributed by atoms with Gasteiger partial charge in [0.25, 0.3) is 0 Å². The van der Waals surface area contributed by atoms with Crippen LogP contribution in [0.2, 0.25) is 0 Å². The molecule has 0 radical (unpaired) electrons. The molecule has 0 aromatic carbocycles. The van der Waals surface area contributed by atoms with Gasteiger partial charge < -0.3 is 5.73 Å². The normalized spacial score (nSPS) is 23.9. The molecule has 1 heteroatoms.